The summed E-state index contributed by atoms with van der Waals surface area (Å²) in [5, 5.41) is 10.0. The van der Waals surface area contributed by atoms with E-state index in [0.717, 1.165) is 40.2 Å². The van der Waals surface area contributed by atoms with Gasteiger partial charge in [0, 0.05) is 30.3 Å². The van der Waals surface area contributed by atoms with E-state index in [-0.39, 0.29) is 0 Å². The standard InChI is InChI=1S/C56H39N3/c1-59-32-10-13-45(36-59)37-20-26-40(27-21-37)54-35-55(41-28-22-38(23-29-41)52-33-43-11-2-4-14-46(43)48-16-6-8-18-50(48)52)58-56(57-54)42-30-24-39(25-31-42)53-34-44-12-3-5-15-47(44)49-17-7-9-19-51(49)53/h2-35H,36H2,1H3. The Hall–Kier alpha value is -7.62. The molecule has 0 fully saturated rings. The van der Waals surface area contributed by atoms with Gasteiger partial charge in [-0.3, -0.25) is 0 Å². The molecule has 0 N–H and O–H groups in total. The smallest absolute Gasteiger partial charge is 0.160 e. The summed E-state index contributed by atoms with van der Waals surface area (Å²) >= 11 is 0. The van der Waals surface area contributed by atoms with E-state index < -0.39 is 0 Å². The van der Waals surface area contributed by atoms with E-state index in [1.165, 1.54) is 70.9 Å². The fraction of sp³-hybridized carbons (Fsp3) is 0.0357. The van der Waals surface area contributed by atoms with Crippen molar-refractivity contribution in [3.05, 3.63) is 212 Å². The van der Waals surface area contributed by atoms with E-state index in [1.54, 1.807) is 0 Å². The van der Waals surface area contributed by atoms with Crippen LogP contribution in [-0.2, 0) is 0 Å². The largest absolute Gasteiger partial charge is 0.376 e. The minimum absolute atomic E-state index is 0.697. The zero-order chi connectivity index (χ0) is 39.3. The van der Waals surface area contributed by atoms with Gasteiger partial charge in [-0.25, -0.2) is 9.97 Å². The number of benzene rings is 9. The first-order valence-electron chi connectivity index (χ1n) is 20.2. The maximum atomic E-state index is 5.25. The third-order valence-electron chi connectivity index (χ3n) is 11.8. The molecule has 0 saturated carbocycles. The predicted octanol–water partition coefficient (Wildman–Crippen LogP) is 14.3. The Kier molecular flexibility index (Phi) is 8.45. The van der Waals surface area contributed by atoms with E-state index >= 15 is 0 Å². The van der Waals surface area contributed by atoms with Gasteiger partial charge in [0.15, 0.2) is 5.82 Å². The van der Waals surface area contributed by atoms with Gasteiger partial charge in [0.1, 0.15) is 0 Å². The Morgan fingerprint density at radius 2 is 0.797 bits per heavy atom. The maximum Gasteiger partial charge on any atom is 0.160 e. The van der Waals surface area contributed by atoms with Crippen molar-refractivity contribution in [3.8, 4) is 56.2 Å². The lowest BCUT2D eigenvalue weighted by Crippen LogP contribution is -2.15. The van der Waals surface area contributed by atoms with Crippen LogP contribution < -0.4 is 0 Å². The SMILES string of the molecule is CN1C=CC=C(c2ccc(-c3cc(-c4ccc(-c5cc6ccccc6c6ccccc56)cc4)nc(-c4ccc(-c5cc6ccccc6c6ccccc56)cc4)n3)cc2)C1. The second-order valence-corrected chi connectivity index (χ2v) is 15.5. The first kappa shape index (κ1) is 34.6. The van der Waals surface area contributed by atoms with Crippen molar-refractivity contribution in [2.45, 2.75) is 0 Å². The Labute approximate surface area is 343 Å². The summed E-state index contributed by atoms with van der Waals surface area (Å²) in [5.74, 6) is 0.697. The Morgan fingerprint density at radius 1 is 0.390 bits per heavy atom. The van der Waals surface area contributed by atoms with Crippen molar-refractivity contribution in [3.63, 3.8) is 0 Å². The molecule has 0 bridgehead atoms. The molecular weight excluding hydrogens is 715 g/mol. The molecule has 0 aliphatic carbocycles. The Balaban J connectivity index is 1.00. The number of nitrogens with zero attached hydrogens (tertiary/aromatic N) is 3. The topological polar surface area (TPSA) is 29.0 Å². The first-order valence-corrected chi connectivity index (χ1v) is 20.2. The molecule has 0 spiro atoms. The Bertz CT molecular complexity index is 3100. The molecule has 9 aromatic carbocycles. The molecule has 1 aromatic heterocycles. The van der Waals surface area contributed by atoms with Crippen LogP contribution in [0.3, 0.4) is 0 Å². The predicted molar refractivity (Wildman–Crippen MR) is 249 cm³/mol. The van der Waals surface area contributed by atoms with Crippen LogP contribution in [0.2, 0.25) is 0 Å². The van der Waals surface area contributed by atoms with Gasteiger partial charge >= 0.3 is 0 Å². The van der Waals surface area contributed by atoms with E-state index in [0.29, 0.717) is 5.82 Å². The highest BCUT2D eigenvalue weighted by molar-refractivity contribution is 6.15. The lowest BCUT2D eigenvalue weighted by Gasteiger charge is -2.20. The number of likely N-dealkylation sites (N-methyl/N-ethyl adjacent to an activating group) is 1. The van der Waals surface area contributed by atoms with Crippen LogP contribution in [0, 0.1) is 0 Å². The van der Waals surface area contributed by atoms with Crippen molar-refractivity contribution >= 4 is 48.7 Å². The summed E-state index contributed by atoms with van der Waals surface area (Å²) in [6, 6.07) is 67.9. The minimum Gasteiger partial charge on any atom is -0.376 e. The molecule has 0 unspecified atom stereocenters. The number of aromatic nitrogens is 2. The molecule has 11 rings (SSSR count). The highest BCUT2D eigenvalue weighted by atomic mass is 15.1. The first-order chi connectivity index (χ1) is 29.1. The third kappa shape index (κ3) is 6.34. The van der Waals surface area contributed by atoms with E-state index in [1.807, 2.05) is 0 Å². The van der Waals surface area contributed by atoms with E-state index in [2.05, 4.69) is 218 Å². The molecule has 0 saturated heterocycles. The number of fused-ring (bicyclic) bond motifs is 6. The van der Waals surface area contributed by atoms with Gasteiger partial charge in [0.05, 0.1) is 11.4 Å². The molecule has 1 aliphatic heterocycles. The minimum atomic E-state index is 0.697. The van der Waals surface area contributed by atoms with Crippen LogP contribution in [-0.4, -0.2) is 28.5 Å². The summed E-state index contributed by atoms with van der Waals surface area (Å²) in [6.45, 7) is 0.883. The normalized spacial score (nSPS) is 12.8. The number of allylic oxidation sites excluding steroid dienone is 2. The zero-order valence-corrected chi connectivity index (χ0v) is 32.7. The highest BCUT2D eigenvalue weighted by Gasteiger charge is 2.15. The van der Waals surface area contributed by atoms with Gasteiger partial charge < -0.3 is 4.90 Å². The molecule has 278 valence electrons. The molecule has 0 amide bonds. The van der Waals surface area contributed by atoms with Crippen LogP contribution in [0.5, 0.6) is 0 Å². The van der Waals surface area contributed by atoms with Crippen molar-refractivity contribution in [1.29, 1.82) is 0 Å². The molecule has 10 aromatic rings. The summed E-state index contributed by atoms with van der Waals surface area (Å²) < 4.78 is 0. The lowest BCUT2D eigenvalue weighted by molar-refractivity contribution is 0.512. The second kappa shape index (κ2) is 14.4. The summed E-state index contributed by atoms with van der Waals surface area (Å²) in [7, 11) is 2.11. The monoisotopic (exact) mass is 753 g/mol. The average Bonchev–Trinajstić information content (AvgIpc) is 3.31. The van der Waals surface area contributed by atoms with Crippen molar-refractivity contribution in [2.75, 3.05) is 13.6 Å². The highest BCUT2D eigenvalue weighted by Crippen LogP contribution is 2.38. The molecule has 0 atom stereocenters. The van der Waals surface area contributed by atoms with Crippen LogP contribution in [0.4, 0.5) is 0 Å². The van der Waals surface area contributed by atoms with Gasteiger partial charge in [-0.05, 0) is 107 Å². The summed E-state index contributed by atoms with van der Waals surface area (Å²) in [6.07, 6.45) is 6.41. The lowest BCUT2D eigenvalue weighted by atomic mass is 9.92. The molecule has 59 heavy (non-hydrogen) atoms. The number of hydrogen-bond donors (Lipinski definition) is 0. The van der Waals surface area contributed by atoms with Crippen molar-refractivity contribution in [1.82, 2.24) is 14.9 Å². The molecular formula is C56H39N3. The zero-order valence-electron chi connectivity index (χ0n) is 32.7. The van der Waals surface area contributed by atoms with Gasteiger partial charge in [0.25, 0.3) is 0 Å². The summed E-state index contributed by atoms with van der Waals surface area (Å²) in [5.41, 5.74) is 12.1. The fourth-order valence-electron chi connectivity index (χ4n) is 8.80. The van der Waals surface area contributed by atoms with Gasteiger partial charge in [0.2, 0.25) is 0 Å². The van der Waals surface area contributed by atoms with Gasteiger partial charge in [-0.15, -0.1) is 0 Å². The third-order valence-corrected chi connectivity index (χ3v) is 11.8. The van der Waals surface area contributed by atoms with Gasteiger partial charge in [-0.1, -0.05) is 176 Å². The molecule has 0 radical (unpaired) electrons. The molecule has 3 nitrogen and oxygen atoms in total. The fourth-order valence-corrected chi connectivity index (χ4v) is 8.80. The van der Waals surface area contributed by atoms with Crippen LogP contribution in [0.1, 0.15) is 5.56 Å². The average molecular weight is 754 g/mol. The maximum absolute atomic E-state index is 5.25. The van der Waals surface area contributed by atoms with Crippen LogP contribution in [0.25, 0.3) is 105 Å². The molecule has 2 heterocycles. The number of rotatable bonds is 6. The summed E-state index contributed by atoms with van der Waals surface area (Å²) in [4.78, 5) is 12.7. The Morgan fingerprint density at radius 3 is 1.29 bits per heavy atom. The second-order valence-electron chi connectivity index (χ2n) is 15.5. The van der Waals surface area contributed by atoms with Crippen molar-refractivity contribution < 1.29 is 0 Å². The molecule has 1 aliphatic rings. The van der Waals surface area contributed by atoms with Crippen LogP contribution in [0.15, 0.2) is 206 Å². The van der Waals surface area contributed by atoms with E-state index in [9.17, 15) is 0 Å². The quantitative estimate of drug-likeness (QED) is 0.158. The van der Waals surface area contributed by atoms with Gasteiger partial charge in [-0.2, -0.15) is 0 Å². The van der Waals surface area contributed by atoms with E-state index in [4.69, 9.17) is 9.97 Å². The van der Waals surface area contributed by atoms with Crippen LogP contribution >= 0.6 is 0 Å². The number of hydrogen-bond acceptors (Lipinski definition) is 3. The van der Waals surface area contributed by atoms with Crippen molar-refractivity contribution in [2.24, 2.45) is 0 Å². The molecule has 3 heteroatoms.